The Labute approximate surface area is 286 Å². The molecule has 1 heterocycles. The Kier molecular flexibility index (Phi) is 13.5. The van der Waals surface area contributed by atoms with Crippen molar-refractivity contribution in [2.45, 2.75) is 108 Å². The summed E-state index contributed by atoms with van der Waals surface area (Å²) in [6, 6.07) is 10.7. The summed E-state index contributed by atoms with van der Waals surface area (Å²) in [5, 5.41) is 13.4. The molecule has 0 saturated heterocycles. The van der Waals surface area contributed by atoms with E-state index in [0.29, 0.717) is 18.9 Å². The molecule has 2 aromatic rings. The molecule has 4 rings (SSSR count). The number of aliphatic hydroxyl groups is 1. The highest BCUT2D eigenvalue weighted by Gasteiger charge is 2.31. The second-order valence-corrected chi connectivity index (χ2v) is 15.3. The van der Waals surface area contributed by atoms with Gasteiger partial charge in [0.2, 0.25) is 0 Å². The largest absolute Gasteiger partial charge is 0.490 e. The molecule has 0 unspecified atom stereocenters. The third-order valence-corrected chi connectivity index (χ3v) is 10.8. The van der Waals surface area contributed by atoms with E-state index in [-0.39, 0.29) is 59.5 Å². The fourth-order valence-electron chi connectivity index (χ4n) is 6.26. The minimum Gasteiger partial charge on any atom is -0.490 e. The number of benzene rings is 2. The topological polar surface area (TPSA) is 138 Å². The molecule has 11 nitrogen and oxygen atoms in total. The first kappa shape index (κ1) is 37.5. The molecule has 1 aliphatic carbocycles. The van der Waals surface area contributed by atoms with E-state index in [4.69, 9.17) is 9.47 Å². The van der Waals surface area contributed by atoms with Gasteiger partial charge in [0.15, 0.2) is 0 Å². The summed E-state index contributed by atoms with van der Waals surface area (Å²) in [5.74, 6) is -0.263. The molecular weight excluding hydrogens is 632 g/mol. The average molecular weight is 687 g/mol. The van der Waals surface area contributed by atoms with Crippen LogP contribution in [0.3, 0.4) is 0 Å². The SMILES string of the molecule is Cc1ccc(S(=O)(=O)Nc2ccc3c(c2)C(=O)N([C@H](C)CO)C[C@H](C)[C@@H](CN(C)C(=O)NC2CCCCC2)OCCCC[C@@H](C)O3)cc1. The maximum atomic E-state index is 14.4. The highest BCUT2D eigenvalue weighted by atomic mass is 32.2. The van der Waals surface area contributed by atoms with Crippen LogP contribution in [0.5, 0.6) is 5.75 Å². The van der Waals surface area contributed by atoms with Crippen LogP contribution in [0.2, 0.25) is 0 Å². The van der Waals surface area contributed by atoms with E-state index in [9.17, 15) is 23.1 Å². The number of anilines is 1. The number of likely N-dealkylation sites (N-methyl/N-ethyl adjacent to an activating group) is 1. The number of aliphatic hydroxyl groups excluding tert-OH is 1. The van der Waals surface area contributed by atoms with Gasteiger partial charge >= 0.3 is 6.03 Å². The quantitative estimate of drug-likeness (QED) is 0.331. The van der Waals surface area contributed by atoms with Gasteiger partial charge in [-0.25, -0.2) is 13.2 Å². The predicted octanol–water partition coefficient (Wildman–Crippen LogP) is 5.57. The van der Waals surface area contributed by atoms with Crippen molar-refractivity contribution in [1.82, 2.24) is 15.1 Å². The number of rotatable bonds is 8. The van der Waals surface area contributed by atoms with Crippen LogP contribution < -0.4 is 14.8 Å². The van der Waals surface area contributed by atoms with Gasteiger partial charge in [-0.2, -0.15) is 0 Å². The van der Waals surface area contributed by atoms with Crippen LogP contribution in [-0.4, -0.2) is 92.9 Å². The van der Waals surface area contributed by atoms with E-state index in [1.165, 1.54) is 24.6 Å². The number of ether oxygens (including phenoxy) is 2. The molecule has 0 radical (unpaired) electrons. The van der Waals surface area contributed by atoms with E-state index in [1.807, 2.05) is 20.8 Å². The number of hydrogen-bond donors (Lipinski definition) is 3. The maximum Gasteiger partial charge on any atom is 0.317 e. The Balaban J connectivity index is 1.61. The third-order valence-electron chi connectivity index (χ3n) is 9.37. The lowest BCUT2D eigenvalue weighted by atomic mass is 9.96. The lowest BCUT2D eigenvalue weighted by Crippen LogP contribution is -2.50. The molecule has 0 bridgehead atoms. The second kappa shape index (κ2) is 17.3. The number of sulfonamides is 1. The van der Waals surface area contributed by atoms with Gasteiger partial charge in [-0.15, -0.1) is 0 Å². The van der Waals surface area contributed by atoms with Crippen LogP contribution in [0.15, 0.2) is 47.4 Å². The first-order chi connectivity index (χ1) is 22.9. The molecule has 48 heavy (non-hydrogen) atoms. The minimum absolute atomic E-state index is 0.108. The van der Waals surface area contributed by atoms with Crippen LogP contribution >= 0.6 is 0 Å². The molecule has 266 valence electrons. The predicted molar refractivity (Wildman–Crippen MR) is 187 cm³/mol. The lowest BCUT2D eigenvalue weighted by Gasteiger charge is -2.36. The van der Waals surface area contributed by atoms with Gasteiger partial charge in [-0.3, -0.25) is 9.52 Å². The summed E-state index contributed by atoms with van der Waals surface area (Å²) in [5.41, 5.74) is 1.35. The number of hydrogen-bond acceptors (Lipinski definition) is 7. The molecular formula is C36H54N4O7S. The van der Waals surface area contributed by atoms with E-state index in [1.54, 1.807) is 48.0 Å². The number of nitrogens with one attached hydrogen (secondary N) is 2. The molecule has 2 aliphatic rings. The first-order valence-electron chi connectivity index (χ1n) is 17.3. The van der Waals surface area contributed by atoms with E-state index < -0.39 is 22.0 Å². The first-order valence-corrected chi connectivity index (χ1v) is 18.8. The molecule has 0 aromatic heterocycles. The zero-order valence-electron chi connectivity index (χ0n) is 29.1. The Bertz CT molecular complexity index is 1460. The van der Waals surface area contributed by atoms with Gasteiger partial charge in [-0.05, 0) is 83.2 Å². The van der Waals surface area contributed by atoms with Gasteiger partial charge in [0.25, 0.3) is 15.9 Å². The fourth-order valence-corrected chi connectivity index (χ4v) is 7.31. The minimum atomic E-state index is -3.92. The number of amides is 3. The van der Waals surface area contributed by atoms with Gasteiger partial charge in [-0.1, -0.05) is 43.9 Å². The van der Waals surface area contributed by atoms with Crippen molar-refractivity contribution in [2.24, 2.45) is 5.92 Å². The van der Waals surface area contributed by atoms with Crippen molar-refractivity contribution in [2.75, 3.05) is 38.1 Å². The maximum absolute atomic E-state index is 14.4. The normalized spacial score (nSPS) is 22.5. The number of carbonyl (C=O) groups excluding carboxylic acids is 2. The molecule has 12 heteroatoms. The summed E-state index contributed by atoms with van der Waals surface area (Å²) in [4.78, 5) is 30.9. The zero-order valence-corrected chi connectivity index (χ0v) is 29.9. The number of urea groups is 1. The van der Waals surface area contributed by atoms with E-state index in [0.717, 1.165) is 50.5 Å². The zero-order chi connectivity index (χ0) is 34.8. The average Bonchev–Trinajstić information content (AvgIpc) is 3.06. The Hall–Kier alpha value is -3.35. The molecule has 3 amide bonds. The van der Waals surface area contributed by atoms with Crippen molar-refractivity contribution in [1.29, 1.82) is 0 Å². The number of nitrogens with zero attached hydrogens (tertiary/aromatic N) is 2. The van der Waals surface area contributed by atoms with Gasteiger partial charge < -0.3 is 29.7 Å². The molecule has 4 atom stereocenters. The standard InChI is InChI=1S/C36H54N4O7S/c1-25-14-17-31(18-15-25)48(44,45)38-30-16-19-33-32(21-30)35(42)40(27(3)24-41)22-26(2)34(46-20-10-9-11-28(4)47-33)23-39(5)36(43)37-29-12-7-6-8-13-29/h14-19,21,26-29,34,38,41H,6-13,20,22-24H2,1-5H3,(H,37,43)/t26-,27+,28+,34+/m0/s1. The van der Waals surface area contributed by atoms with Crippen molar-refractivity contribution in [3.05, 3.63) is 53.6 Å². The summed E-state index contributed by atoms with van der Waals surface area (Å²) < 4.78 is 41.7. The highest BCUT2D eigenvalue weighted by Crippen LogP contribution is 2.30. The summed E-state index contributed by atoms with van der Waals surface area (Å²) in [6.45, 7) is 8.37. The van der Waals surface area contributed by atoms with Gasteiger partial charge in [0.1, 0.15) is 5.75 Å². The van der Waals surface area contributed by atoms with E-state index in [2.05, 4.69) is 10.0 Å². The monoisotopic (exact) mass is 686 g/mol. The highest BCUT2D eigenvalue weighted by molar-refractivity contribution is 7.92. The molecule has 1 aliphatic heterocycles. The molecule has 3 N–H and O–H groups in total. The summed E-state index contributed by atoms with van der Waals surface area (Å²) >= 11 is 0. The van der Waals surface area contributed by atoms with Gasteiger partial charge in [0.05, 0.1) is 35.3 Å². The lowest BCUT2D eigenvalue weighted by molar-refractivity contribution is -0.0123. The number of aryl methyl sites for hydroxylation is 1. The Morgan fingerprint density at radius 2 is 1.73 bits per heavy atom. The Morgan fingerprint density at radius 3 is 2.42 bits per heavy atom. The van der Waals surface area contributed by atoms with Crippen molar-refractivity contribution >= 4 is 27.6 Å². The fraction of sp³-hybridized carbons (Fsp3) is 0.611. The number of fused-ring (bicyclic) bond motifs is 1. The van der Waals surface area contributed by atoms with Gasteiger partial charge in [0, 0.05) is 44.4 Å². The molecule has 2 aromatic carbocycles. The van der Waals surface area contributed by atoms with Crippen LogP contribution in [-0.2, 0) is 14.8 Å². The summed E-state index contributed by atoms with van der Waals surface area (Å²) in [7, 11) is -2.15. The molecule has 1 fully saturated rings. The Morgan fingerprint density at radius 1 is 1.04 bits per heavy atom. The van der Waals surface area contributed by atoms with Crippen LogP contribution in [0, 0.1) is 12.8 Å². The van der Waals surface area contributed by atoms with Crippen LogP contribution in [0.4, 0.5) is 10.5 Å². The molecule has 1 saturated carbocycles. The second-order valence-electron chi connectivity index (χ2n) is 13.6. The summed E-state index contributed by atoms with van der Waals surface area (Å²) in [6.07, 6.45) is 7.21. The number of carbonyl (C=O) groups is 2. The molecule has 0 spiro atoms. The van der Waals surface area contributed by atoms with Crippen LogP contribution in [0.25, 0.3) is 0 Å². The van der Waals surface area contributed by atoms with Crippen molar-refractivity contribution in [3.63, 3.8) is 0 Å². The van der Waals surface area contributed by atoms with Crippen molar-refractivity contribution < 1.29 is 32.6 Å². The van der Waals surface area contributed by atoms with Crippen LogP contribution in [0.1, 0.15) is 88.1 Å². The van der Waals surface area contributed by atoms with Crippen molar-refractivity contribution in [3.8, 4) is 5.75 Å². The third kappa shape index (κ3) is 10.3. The van der Waals surface area contributed by atoms with E-state index >= 15 is 0 Å². The smallest absolute Gasteiger partial charge is 0.317 e.